The number of aldehydes is 1. The van der Waals surface area contributed by atoms with Crippen LogP contribution in [0.1, 0.15) is 40.5 Å². The molecule has 0 unspecified atom stereocenters. The number of carbonyl (C=O) groups is 2. The van der Waals surface area contributed by atoms with Crippen LogP contribution in [0.2, 0.25) is 0 Å². The molecule has 0 spiro atoms. The molecule has 0 aromatic rings. The van der Waals surface area contributed by atoms with Crippen LogP contribution in [0.4, 0.5) is 4.79 Å². The Morgan fingerprint density at radius 1 is 1.53 bits per heavy atom. The van der Waals surface area contributed by atoms with Gasteiger partial charge in [-0.25, -0.2) is 4.79 Å². The molecular formula is C11H19NO3. The topological polar surface area (TPSA) is 57.6 Å². The lowest BCUT2D eigenvalue weighted by molar-refractivity contribution is -0.122. The Morgan fingerprint density at radius 3 is 2.33 bits per heavy atom. The number of hydrogen-bond donors (Lipinski definition) is 1. The van der Waals surface area contributed by atoms with Crippen molar-refractivity contribution in [3.8, 4) is 0 Å². The summed E-state index contributed by atoms with van der Waals surface area (Å²) in [5.41, 5.74) is -1.23. The van der Waals surface area contributed by atoms with E-state index in [0.717, 1.165) is 12.7 Å². The van der Waals surface area contributed by atoms with Gasteiger partial charge in [-0.15, -0.1) is 0 Å². The average Bonchev–Trinajstić information content (AvgIpc) is 2.42. The summed E-state index contributed by atoms with van der Waals surface area (Å²) in [6, 6.07) is -0.0769. The van der Waals surface area contributed by atoms with Crippen LogP contribution in [0.15, 0.2) is 0 Å². The predicted octanol–water partition coefficient (Wildman–Crippen LogP) is 2.13. The van der Waals surface area contributed by atoms with Crippen molar-refractivity contribution in [3.05, 3.63) is 0 Å². The molecule has 86 valence electrons. The maximum absolute atomic E-state index is 11.3. The van der Waals surface area contributed by atoms with E-state index >= 15 is 0 Å². The van der Waals surface area contributed by atoms with E-state index in [1.807, 2.05) is 27.7 Å². The Kier molecular flexibility index (Phi) is 2.81. The molecule has 1 heterocycles. The van der Waals surface area contributed by atoms with Gasteiger partial charge < -0.3 is 9.90 Å². The molecule has 15 heavy (non-hydrogen) atoms. The number of carboxylic acid groups (broad SMARTS) is 1. The third kappa shape index (κ3) is 1.62. The average molecular weight is 213 g/mol. The quantitative estimate of drug-likeness (QED) is 0.679. The van der Waals surface area contributed by atoms with E-state index in [4.69, 9.17) is 0 Å². The van der Waals surface area contributed by atoms with E-state index in [-0.39, 0.29) is 11.5 Å². The Labute approximate surface area is 90.3 Å². The summed E-state index contributed by atoms with van der Waals surface area (Å²) in [6.45, 7) is 7.59. The number of hydrogen-bond acceptors (Lipinski definition) is 2. The second kappa shape index (κ2) is 3.51. The fraction of sp³-hybridized carbons (Fsp3) is 0.818. The molecule has 1 fully saturated rings. The normalized spacial score (nSPS) is 31.7. The summed E-state index contributed by atoms with van der Waals surface area (Å²) in [5.74, 6) is 0. The predicted molar refractivity (Wildman–Crippen MR) is 56.8 cm³/mol. The molecule has 1 amide bonds. The van der Waals surface area contributed by atoms with Gasteiger partial charge in [-0.2, -0.15) is 0 Å². The van der Waals surface area contributed by atoms with Crippen LogP contribution in [-0.2, 0) is 4.79 Å². The number of carbonyl (C=O) groups excluding carboxylic acids is 1. The minimum Gasteiger partial charge on any atom is -0.465 e. The Bertz CT molecular complexity index is 282. The van der Waals surface area contributed by atoms with E-state index in [1.54, 1.807) is 0 Å². The smallest absolute Gasteiger partial charge is 0.408 e. The van der Waals surface area contributed by atoms with Crippen LogP contribution in [0.5, 0.6) is 0 Å². The summed E-state index contributed by atoms with van der Waals surface area (Å²) in [7, 11) is 0. The van der Waals surface area contributed by atoms with Crippen molar-refractivity contribution in [3.63, 3.8) is 0 Å². The Hall–Kier alpha value is -1.06. The molecular weight excluding hydrogens is 194 g/mol. The Balaban J connectivity index is 3.20. The van der Waals surface area contributed by atoms with Crippen molar-refractivity contribution in [1.82, 2.24) is 4.90 Å². The standard InChI is InChI=1S/C11H19NO3/c1-8-5-6-11(7-13,10(2,3)4)12(8)9(14)15/h7-8H,5-6H2,1-4H3,(H,14,15)/t8-,11+/m0/s1. The monoisotopic (exact) mass is 213 g/mol. The van der Waals surface area contributed by atoms with E-state index in [2.05, 4.69) is 0 Å². The van der Waals surface area contributed by atoms with Crippen LogP contribution in [0, 0.1) is 5.41 Å². The van der Waals surface area contributed by atoms with Gasteiger partial charge in [-0.1, -0.05) is 20.8 Å². The zero-order chi connectivity index (χ0) is 11.9. The van der Waals surface area contributed by atoms with Crippen molar-refractivity contribution in [2.75, 3.05) is 0 Å². The van der Waals surface area contributed by atoms with Gasteiger partial charge in [0.1, 0.15) is 11.8 Å². The number of likely N-dealkylation sites (tertiary alicyclic amines) is 1. The summed E-state index contributed by atoms with van der Waals surface area (Å²) in [6.07, 6.45) is 1.18. The number of nitrogens with zero attached hydrogens (tertiary/aromatic N) is 1. The highest BCUT2D eigenvalue weighted by Gasteiger charge is 2.54. The molecule has 0 aromatic carbocycles. The van der Waals surface area contributed by atoms with Crippen LogP contribution < -0.4 is 0 Å². The summed E-state index contributed by atoms with van der Waals surface area (Å²) in [4.78, 5) is 23.9. The third-order valence-electron chi connectivity index (χ3n) is 3.51. The SMILES string of the molecule is C[C@H]1CC[C@@](C=O)(C(C)(C)C)N1C(=O)O. The molecule has 1 aliphatic rings. The van der Waals surface area contributed by atoms with Crippen molar-refractivity contribution in [2.24, 2.45) is 5.41 Å². The van der Waals surface area contributed by atoms with Crippen LogP contribution >= 0.6 is 0 Å². The minimum atomic E-state index is -0.998. The van der Waals surface area contributed by atoms with Gasteiger partial charge in [0.05, 0.1) is 0 Å². The molecule has 1 N–H and O–H groups in total. The first kappa shape index (κ1) is 12.0. The van der Waals surface area contributed by atoms with Gasteiger partial charge in [0, 0.05) is 6.04 Å². The van der Waals surface area contributed by atoms with E-state index in [9.17, 15) is 14.7 Å². The number of amides is 1. The maximum atomic E-state index is 11.3. The van der Waals surface area contributed by atoms with Gasteiger partial charge in [0.15, 0.2) is 0 Å². The van der Waals surface area contributed by atoms with E-state index < -0.39 is 11.6 Å². The summed E-state index contributed by atoms with van der Waals surface area (Å²) >= 11 is 0. The van der Waals surface area contributed by atoms with Crippen molar-refractivity contribution in [1.29, 1.82) is 0 Å². The van der Waals surface area contributed by atoms with Crippen molar-refractivity contribution < 1.29 is 14.7 Å². The molecule has 4 nitrogen and oxygen atoms in total. The highest BCUT2D eigenvalue weighted by atomic mass is 16.4. The molecule has 1 aliphatic heterocycles. The second-order valence-electron chi connectivity index (χ2n) is 5.33. The van der Waals surface area contributed by atoms with Crippen molar-refractivity contribution >= 4 is 12.4 Å². The lowest BCUT2D eigenvalue weighted by atomic mass is 9.73. The molecule has 4 heteroatoms. The zero-order valence-electron chi connectivity index (χ0n) is 9.78. The highest BCUT2D eigenvalue weighted by Crippen LogP contribution is 2.44. The fourth-order valence-electron chi connectivity index (χ4n) is 2.46. The maximum Gasteiger partial charge on any atom is 0.408 e. The fourth-order valence-corrected chi connectivity index (χ4v) is 2.46. The largest absolute Gasteiger partial charge is 0.465 e. The van der Waals surface area contributed by atoms with Crippen LogP contribution in [-0.4, -0.2) is 34.0 Å². The van der Waals surface area contributed by atoms with E-state index in [0.29, 0.717) is 6.42 Å². The third-order valence-corrected chi connectivity index (χ3v) is 3.51. The van der Waals surface area contributed by atoms with Crippen LogP contribution in [0.25, 0.3) is 0 Å². The molecule has 2 atom stereocenters. The first-order valence-electron chi connectivity index (χ1n) is 5.25. The van der Waals surface area contributed by atoms with Crippen molar-refractivity contribution in [2.45, 2.75) is 52.1 Å². The highest BCUT2D eigenvalue weighted by molar-refractivity contribution is 5.77. The van der Waals surface area contributed by atoms with Crippen LogP contribution in [0.3, 0.4) is 0 Å². The second-order valence-corrected chi connectivity index (χ2v) is 5.33. The Morgan fingerprint density at radius 2 is 2.07 bits per heavy atom. The van der Waals surface area contributed by atoms with E-state index in [1.165, 1.54) is 4.90 Å². The lowest BCUT2D eigenvalue weighted by Crippen LogP contribution is -2.58. The molecule has 0 saturated carbocycles. The molecule has 0 aromatic heterocycles. The van der Waals surface area contributed by atoms with Gasteiger partial charge in [0.2, 0.25) is 0 Å². The molecule has 0 radical (unpaired) electrons. The molecule has 1 rings (SSSR count). The van der Waals surface area contributed by atoms with Gasteiger partial charge in [-0.05, 0) is 25.2 Å². The summed E-state index contributed by atoms with van der Waals surface area (Å²) < 4.78 is 0. The molecule has 1 saturated heterocycles. The van der Waals surface area contributed by atoms with Gasteiger partial charge in [-0.3, -0.25) is 4.90 Å². The lowest BCUT2D eigenvalue weighted by Gasteiger charge is -2.43. The van der Waals surface area contributed by atoms with Gasteiger partial charge >= 0.3 is 6.09 Å². The summed E-state index contributed by atoms with van der Waals surface area (Å²) in [5, 5.41) is 9.18. The minimum absolute atomic E-state index is 0.0769. The first-order chi connectivity index (χ1) is 6.76. The van der Waals surface area contributed by atoms with Gasteiger partial charge in [0.25, 0.3) is 0 Å². The molecule has 0 aliphatic carbocycles. The molecule has 0 bridgehead atoms. The number of rotatable bonds is 1. The first-order valence-corrected chi connectivity index (χ1v) is 5.25. The zero-order valence-corrected chi connectivity index (χ0v) is 9.78.